The summed E-state index contributed by atoms with van der Waals surface area (Å²) in [4.78, 5) is 0. The number of rotatable bonds is 1. The van der Waals surface area contributed by atoms with Gasteiger partial charge in [0, 0.05) is 38.8 Å². The van der Waals surface area contributed by atoms with Gasteiger partial charge in [-0.05, 0) is 5.56 Å². The van der Waals surface area contributed by atoms with Crippen LogP contribution >= 0.6 is 0 Å². The quantitative estimate of drug-likeness (QED) is 0.625. The molecule has 3 N–H and O–H groups in total. The first-order chi connectivity index (χ1) is 7.47. The van der Waals surface area contributed by atoms with E-state index in [-0.39, 0.29) is 0 Å². The van der Waals surface area contributed by atoms with Gasteiger partial charge in [0.15, 0.2) is 0 Å². The van der Waals surface area contributed by atoms with Crippen LogP contribution in [0.5, 0.6) is 0 Å². The van der Waals surface area contributed by atoms with E-state index >= 15 is 0 Å². The van der Waals surface area contributed by atoms with Crippen molar-refractivity contribution in [2.45, 2.75) is 6.04 Å². The molecule has 1 saturated heterocycles. The Hall–Kier alpha value is -0.900. The summed E-state index contributed by atoms with van der Waals surface area (Å²) in [7, 11) is 0. The second-order valence-corrected chi connectivity index (χ2v) is 3.87. The Morgan fingerprint density at radius 1 is 0.867 bits per heavy atom. The lowest BCUT2D eigenvalue weighted by Crippen LogP contribution is -2.32. The number of hydrogen-bond acceptors (Lipinski definition) is 3. The molecule has 1 aliphatic rings. The van der Waals surface area contributed by atoms with Crippen molar-refractivity contribution in [2.24, 2.45) is 0 Å². The highest BCUT2D eigenvalue weighted by Gasteiger charge is 2.10. The Morgan fingerprint density at radius 3 is 2.47 bits per heavy atom. The summed E-state index contributed by atoms with van der Waals surface area (Å²) in [5.74, 6) is 0. The van der Waals surface area contributed by atoms with Gasteiger partial charge in [0.05, 0.1) is 0 Å². The third-order valence-corrected chi connectivity index (χ3v) is 2.72. The molecule has 0 spiro atoms. The molecule has 3 nitrogen and oxygen atoms in total. The van der Waals surface area contributed by atoms with Crippen molar-refractivity contribution in [3.63, 3.8) is 0 Å². The Kier molecular flexibility index (Phi) is 4.14. The monoisotopic (exact) mass is 205 g/mol. The van der Waals surface area contributed by atoms with Crippen LogP contribution in [0.4, 0.5) is 0 Å². The van der Waals surface area contributed by atoms with Crippen LogP contribution in [0.3, 0.4) is 0 Å². The maximum Gasteiger partial charge on any atom is 0.0447 e. The summed E-state index contributed by atoms with van der Waals surface area (Å²) >= 11 is 0. The predicted octanol–water partition coefficient (Wildman–Crippen LogP) is 0.510. The summed E-state index contributed by atoms with van der Waals surface area (Å²) in [6.07, 6.45) is 0. The zero-order valence-electron chi connectivity index (χ0n) is 9.00. The van der Waals surface area contributed by atoms with Crippen LogP contribution in [0.15, 0.2) is 30.3 Å². The van der Waals surface area contributed by atoms with Crippen molar-refractivity contribution in [3.05, 3.63) is 35.9 Å². The van der Waals surface area contributed by atoms with Crippen LogP contribution in [-0.4, -0.2) is 32.7 Å². The van der Waals surface area contributed by atoms with Crippen LogP contribution < -0.4 is 16.0 Å². The summed E-state index contributed by atoms with van der Waals surface area (Å²) in [5, 5.41) is 10.4. The Balaban J connectivity index is 1.99. The molecule has 0 aliphatic carbocycles. The van der Waals surface area contributed by atoms with Crippen LogP contribution in [0.2, 0.25) is 0 Å². The van der Waals surface area contributed by atoms with E-state index in [2.05, 4.69) is 46.3 Å². The highest BCUT2D eigenvalue weighted by atomic mass is 15.0. The van der Waals surface area contributed by atoms with Crippen molar-refractivity contribution < 1.29 is 0 Å². The molecule has 0 aromatic heterocycles. The Morgan fingerprint density at radius 2 is 1.60 bits per heavy atom. The average molecular weight is 205 g/mol. The highest BCUT2D eigenvalue weighted by Crippen LogP contribution is 2.10. The minimum absolute atomic E-state index is 0.436. The van der Waals surface area contributed by atoms with E-state index in [9.17, 15) is 0 Å². The Bertz CT molecular complexity index is 263. The van der Waals surface area contributed by atoms with E-state index < -0.39 is 0 Å². The zero-order chi connectivity index (χ0) is 10.3. The summed E-state index contributed by atoms with van der Waals surface area (Å²) in [5.41, 5.74) is 1.37. The molecule has 0 radical (unpaired) electrons. The molecule has 3 heteroatoms. The van der Waals surface area contributed by atoms with Crippen molar-refractivity contribution in [1.29, 1.82) is 0 Å². The summed E-state index contributed by atoms with van der Waals surface area (Å²) < 4.78 is 0. The van der Waals surface area contributed by atoms with E-state index in [0.29, 0.717) is 6.04 Å². The second-order valence-electron chi connectivity index (χ2n) is 3.87. The molecule has 2 rings (SSSR count). The smallest absolute Gasteiger partial charge is 0.0447 e. The van der Waals surface area contributed by atoms with Gasteiger partial charge in [-0.1, -0.05) is 30.3 Å². The van der Waals surface area contributed by atoms with E-state index in [1.165, 1.54) is 5.56 Å². The van der Waals surface area contributed by atoms with E-state index in [1.807, 2.05) is 0 Å². The zero-order valence-corrected chi connectivity index (χ0v) is 9.00. The van der Waals surface area contributed by atoms with Gasteiger partial charge >= 0.3 is 0 Å². The molecule has 1 unspecified atom stereocenters. The lowest BCUT2D eigenvalue weighted by atomic mass is 10.1. The molecule has 1 atom stereocenters. The number of hydrogen-bond donors (Lipinski definition) is 3. The van der Waals surface area contributed by atoms with Crippen LogP contribution in [0.25, 0.3) is 0 Å². The van der Waals surface area contributed by atoms with Gasteiger partial charge in [-0.2, -0.15) is 0 Å². The van der Waals surface area contributed by atoms with Crippen LogP contribution in [0.1, 0.15) is 11.6 Å². The molecule has 1 fully saturated rings. The maximum absolute atomic E-state index is 3.55. The van der Waals surface area contributed by atoms with Crippen molar-refractivity contribution in [2.75, 3.05) is 32.7 Å². The summed E-state index contributed by atoms with van der Waals surface area (Å²) in [6, 6.07) is 11.1. The lowest BCUT2D eigenvalue weighted by Gasteiger charge is -2.18. The number of nitrogens with one attached hydrogen (secondary N) is 3. The largest absolute Gasteiger partial charge is 0.314 e. The fourth-order valence-electron chi connectivity index (χ4n) is 1.88. The third-order valence-electron chi connectivity index (χ3n) is 2.72. The molecule has 0 saturated carbocycles. The van der Waals surface area contributed by atoms with E-state index in [0.717, 1.165) is 32.7 Å². The minimum Gasteiger partial charge on any atom is -0.314 e. The second kappa shape index (κ2) is 5.85. The fraction of sp³-hybridized carbons (Fsp3) is 0.500. The topological polar surface area (TPSA) is 36.1 Å². The molecule has 1 aromatic rings. The van der Waals surface area contributed by atoms with Gasteiger partial charge in [-0.3, -0.25) is 0 Å². The van der Waals surface area contributed by atoms with Crippen LogP contribution in [-0.2, 0) is 0 Å². The molecular formula is C12H19N3. The van der Waals surface area contributed by atoms with Gasteiger partial charge in [-0.25, -0.2) is 0 Å². The fourth-order valence-corrected chi connectivity index (χ4v) is 1.88. The average Bonchev–Trinajstić information content (AvgIpc) is 2.43. The Labute approximate surface area is 91.3 Å². The first kappa shape index (κ1) is 10.6. The molecule has 1 aliphatic heterocycles. The summed E-state index contributed by atoms with van der Waals surface area (Å²) in [6.45, 7) is 5.19. The normalized spacial score (nSPS) is 23.9. The van der Waals surface area contributed by atoms with Crippen molar-refractivity contribution in [1.82, 2.24) is 16.0 Å². The SMILES string of the molecule is c1ccc(C2CNCCNCCN2)cc1. The molecule has 82 valence electrons. The minimum atomic E-state index is 0.436. The first-order valence-corrected chi connectivity index (χ1v) is 5.66. The molecule has 15 heavy (non-hydrogen) atoms. The number of benzene rings is 1. The van der Waals surface area contributed by atoms with Gasteiger partial charge in [0.25, 0.3) is 0 Å². The maximum atomic E-state index is 3.55. The third kappa shape index (κ3) is 3.30. The standard InChI is InChI=1S/C12H19N3/c1-2-4-11(5-3-1)12-10-14-7-6-13-8-9-15-12/h1-5,12-15H,6-10H2. The van der Waals surface area contributed by atoms with Crippen molar-refractivity contribution in [3.8, 4) is 0 Å². The van der Waals surface area contributed by atoms with E-state index in [4.69, 9.17) is 0 Å². The van der Waals surface area contributed by atoms with Gasteiger partial charge in [-0.15, -0.1) is 0 Å². The highest BCUT2D eigenvalue weighted by molar-refractivity contribution is 5.19. The van der Waals surface area contributed by atoms with Crippen molar-refractivity contribution >= 4 is 0 Å². The molecule has 0 bridgehead atoms. The van der Waals surface area contributed by atoms with Gasteiger partial charge in [0.1, 0.15) is 0 Å². The first-order valence-electron chi connectivity index (χ1n) is 5.66. The predicted molar refractivity (Wildman–Crippen MR) is 62.9 cm³/mol. The van der Waals surface area contributed by atoms with Gasteiger partial charge in [0.2, 0.25) is 0 Å². The lowest BCUT2D eigenvalue weighted by molar-refractivity contribution is 0.514. The molecule has 1 aromatic carbocycles. The molecule has 1 heterocycles. The van der Waals surface area contributed by atoms with Gasteiger partial charge < -0.3 is 16.0 Å². The molecule has 0 amide bonds. The molecular weight excluding hydrogens is 186 g/mol. The van der Waals surface area contributed by atoms with Crippen LogP contribution in [0, 0.1) is 0 Å². The van der Waals surface area contributed by atoms with E-state index in [1.54, 1.807) is 0 Å².